The number of hydrogen-bond acceptors (Lipinski definition) is 6. The van der Waals surface area contributed by atoms with Gasteiger partial charge in [0, 0.05) is 18.1 Å². The van der Waals surface area contributed by atoms with Gasteiger partial charge in [0.2, 0.25) is 11.9 Å². The number of hydrogen-bond donors (Lipinski definition) is 2. The van der Waals surface area contributed by atoms with Crippen LogP contribution in [-0.2, 0) is 11.2 Å². The predicted octanol–water partition coefficient (Wildman–Crippen LogP) is 3.74. The Morgan fingerprint density at radius 3 is 2.85 bits per heavy atom. The molecule has 2 heterocycles. The molecule has 3 aromatic rings. The predicted molar refractivity (Wildman–Crippen MR) is 103 cm³/mol. The number of anilines is 2. The molecule has 1 fully saturated rings. The lowest BCUT2D eigenvalue weighted by atomic mass is 10.1. The summed E-state index contributed by atoms with van der Waals surface area (Å²) in [5.41, 5.74) is 1.71. The minimum Gasteiger partial charge on any atom is -0.354 e. The van der Waals surface area contributed by atoms with Crippen molar-refractivity contribution in [2.45, 2.75) is 19.3 Å². The second kappa shape index (κ2) is 7.79. The number of nitrogens with one attached hydrogen (secondary N) is 2. The van der Waals surface area contributed by atoms with E-state index in [4.69, 9.17) is 0 Å². The molecule has 0 aliphatic heterocycles. The van der Waals surface area contributed by atoms with Gasteiger partial charge in [-0.1, -0.05) is 18.2 Å². The number of benzene rings is 1. The summed E-state index contributed by atoms with van der Waals surface area (Å²) in [7, 11) is 0. The Bertz CT molecular complexity index is 957. The fourth-order valence-electron chi connectivity index (χ4n) is 2.57. The van der Waals surface area contributed by atoms with Crippen LogP contribution in [0.1, 0.15) is 18.4 Å². The molecule has 2 aromatic heterocycles. The smallest absolute Gasteiger partial charge is 0.230 e. The first-order chi connectivity index (χ1) is 13.2. The molecule has 0 atom stereocenters. The first kappa shape index (κ1) is 17.5. The standard InChI is InChI=1S/C19H18FN5OS/c20-14-4-2-1-3-13(14)9-17(26)25-19-24-16(11-27-19)15-7-8-21-18(23-15)22-10-12-5-6-12/h1-4,7-8,11-12H,5-6,9-10H2,(H,21,22,23)(H,24,25,26). The van der Waals surface area contributed by atoms with Crippen molar-refractivity contribution in [2.75, 3.05) is 17.2 Å². The van der Waals surface area contributed by atoms with E-state index < -0.39 is 0 Å². The van der Waals surface area contributed by atoms with Crippen LogP contribution in [0.3, 0.4) is 0 Å². The van der Waals surface area contributed by atoms with Gasteiger partial charge in [-0.25, -0.2) is 19.3 Å². The van der Waals surface area contributed by atoms with Gasteiger partial charge < -0.3 is 10.6 Å². The molecule has 1 aromatic carbocycles. The van der Waals surface area contributed by atoms with Crippen LogP contribution in [0.15, 0.2) is 41.9 Å². The Kier molecular flexibility index (Phi) is 5.06. The highest BCUT2D eigenvalue weighted by Crippen LogP contribution is 2.29. The number of carbonyl (C=O) groups is 1. The van der Waals surface area contributed by atoms with Crippen LogP contribution in [0, 0.1) is 11.7 Å². The number of aromatic nitrogens is 3. The van der Waals surface area contributed by atoms with Gasteiger partial charge in [-0.3, -0.25) is 4.79 Å². The molecule has 1 aliphatic carbocycles. The second-order valence-corrected chi connectivity index (χ2v) is 7.30. The van der Waals surface area contributed by atoms with Gasteiger partial charge in [-0.05, 0) is 36.5 Å². The summed E-state index contributed by atoms with van der Waals surface area (Å²) in [6, 6.07) is 8.02. The zero-order valence-electron chi connectivity index (χ0n) is 14.5. The number of thiazole rings is 1. The van der Waals surface area contributed by atoms with E-state index in [2.05, 4.69) is 25.6 Å². The molecule has 0 radical (unpaired) electrons. The van der Waals surface area contributed by atoms with Gasteiger partial charge in [-0.15, -0.1) is 11.3 Å². The molecule has 8 heteroatoms. The van der Waals surface area contributed by atoms with Crippen molar-refractivity contribution in [2.24, 2.45) is 5.92 Å². The fourth-order valence-corrected chi connectivity index (χ4v) is 3.29. The lowest BCUT2D eigenvalue weighted by molar-refractivity contribution is -0.115. The normalized spacial score (nSPS) is 13.4. The molecule has 1 aliphatic rings. The van der Waals surface area contributed by atoms with Crippen molar-refractivity contribution >= 4 is 28.3 Å². The topological polar surface area (TPSA) is 79.8 Å². The maximum Gasteiger partial charge on any atom is 0.230 e. The lowest BCUT2D eigenvalue weighted by Crippen LogP contribution is -2.15. The van der Waals surface area contributed by atoms with E-state index in [9.17, 15) is 9.18 Å². The summed E-state index contributed by atoms with van der Waals surface area (Å²) in [5.74, 6) is 0.612. The van der Waals surface area contributed by atoms with Crippen molar-refractivity contribution < 1.29 is 9.18 Å². The Morgan fingerprint density at radius 1 is 1.19 bits per heavy atom. The van der Waals surface area contributed by atoms with E-state index in [1.54, 1.807) is 30.5 Å². The average molecular weight is 383 g/mol. The fraction of sp³-hybridized carbons (Fsp3) is 0.263. The summed E-state index contributed by atoms with van der Waals surface area (Å²) in [4.78, 5) is 25.2. The highest BCUT2D eigenvalue weighted by molar-refractivity contribution is 7.14. The van der Waals surface area contributed by atoms with Crippen molar-refractivity contribution in [3.05, 3.63) is 53.3 Å². The van der Waals surface area contributed by atoms with Crippen molar-refractivity contribution in [1.82, 2.24) is 15.0 Å². The molecule has 138 valence electrons. The second-order valence-electron chi connectivity index (χ2n) is 6.44. The van der Waals surface area contributed by atoms with Crippen LogP contribution in [0.5, 0.6) is 0 Å². The maximum absolute atomic E-state index is 13.7. The van der Waals surface area contributed by atoms with Crippen molar-refractivity contribution in [3.63, 3.8) is 0 Å². The molecule has 1 saturated carbocycles. The Morgan fingerprint density at radius 2 is 2.04 bits per heavy atom. The monoisotopic (exact) mass is 383 g/mol. The average Bonchev–Trinajstić information content (AvgIpc) is 3.39. The van der Waals surface area contributed by atoms with E-state index in [-0.39, 0.29) is 18.1 Å². The first-order valence-corrected chi connectivity index (χ1v) is 9.61. The third-order valence-electron chi connectivity index (χ3n) is 4.22. The minimum absolute atomic E-state index is 0.0374. The van der Waals surface area contributed by atoms with Gasteiger partial charge in [-0.2, -0.15) is 0 Å². The van der Waals surface area contributed by atoms with Gasteiger partial charge in [0.25, 0.3) is 0 Å². The molecule has 4 rings (SSSR count). The van der Waals surface area contributed by atoms with E-state index in [0.717, 1.165) is 12.5 Å². The van der Waals surface area contributed by atoms with Crippen molar-refractivity contribution in [3.8, 4) is 11.4 Å². The van der Waals surface area contributed by atoms with E-state index in [0.29, 0.717) is 28.0 Å². The number of rotatable bonds is 7. The molecular weight excluding hydrogens is 365 g/mol. The zero-order valence-corrected chi connectivity index (χ0v) is 15.3. The zero-order chi connectivity index (χ0) is 18.6. The third-order valence-corrected chi connectivity index (χ3v) is 4.98. The van der Waals surface area contributed by atoms with Crippen LogP contribution in [0.2, 0.25) is 0 Å². The van der Waals surface area contributed by atoms with E-state index in [1.807, 2.05) is 5.38 Å². The number of halogens is 1. The number of nitrogens with zero attached hydrogens (tertiary/aromatic N) is 3. The minimum atomic E-state index is -0.389. The first-order valence-electron chi connectivity index (χ1n) is 8.73. The highest BCUT2D eigenvalue weighted by Gasteiger charge is 2.21. The van der Waals surface area contributed by atoms with Crippen LogP contribution < -0.4 is 10.6 Å². The van der Waals surface area contributed by atoms with Gasteiger partial charge in [0.05, 0.1) is 12.1 Å². The molecule has 2 N–H and O–H groups in total. The Balaban J connectivity index is 1.40. The molecule has 0 unspecified atom stereocenters. The highest BCUT2D eigenvalue weighted by atomic mass is 32.1. The summed E-state index contributed by atoms with van der Waals surface area (Å²) in [6.07, 6.45) is 4.17. The molecule has 1 amide bonds. The summed E-state index contributed by atoms with van der Waals surface area (Å²) in [5, 5.41) is 8.23. The van der Waals surface area contributed by atoms with Gasteiger partial charge in [0.15, 0.2) is 5.13 Å². The molecule has 6 nitrogen and oxygen atoms in total. The number of amides is 1. The molecule has 27 heavy (non-hydrogen) atoms. The van der Waals surface area contributed by atoms with Gasteiger partial charge in [0.1, 0.15) is 11.5 Å². The molecule has 0 saturated heterocycles. The Hall–Kier alpha value is -2.87. The number of carbonyl (C=O) groups excluding carboxylic acids is 1. The molecule has 0 bridgehead atoms. The van der Waals surface area contributed by atoms with Crippen LogP contribution in [0.4, 0.5) is 15.5 Å². The summed E-state index contributed by atoms with van der Waals surface area (Å²) >= 11 is 1.30. The van der Waals surface area contributed by atoms with E-state index >= 15 is 0 Å². The summed E-state index contributed by atoms with van der Waals surface area (Å²) in [6.45, 7) is 0.887. The maximum atomic E-state index is 13.7. The largest absolute Gasteiger partial charge is 0.354 e. The van der Waals surface area contributed by atoms with Crippen molar-refractivity contribution in [1.29, 1.82) is 0 Å². The quantitative estimate of drug-likeness (QED) is 0.650. The van der Waals surface area contributed by atoms with E-state index in [1.165, 1.54) is 30.2 Å². The lowest BCUT2D eigenvalue weighted by Gasteiger charge is -2.04. The summed E-state index contributed by atoms with van der Waals surface area (Å²) < 4.78 is 13.7. The third kappa shape index (κ3) is 4.65. The Labute approximate surface area is 159 Å². The molecule has 0 spiro atoms. The van der Waals surface area contributed by atoms with Crippen LogP contribution in [-0.4, -0.2) is 27.4 Å². The van der Waals surface area contributed by atoms with Crippen LogP contribution >= 0.6 is 11.3 Å². The van der Waals surface area contributed by atoms with Crippen LogP contribution in [0.25, 0.3) is 11.4 Å². The SMILES string of the molecule is O=C(Cc1ccccc1F)Nc1nc(-c2ccnc(NCC3CC3)n2)cs1. The molecular formula is C19H18FN5OS. The van der Waals surface area contributed by atoms with Gasteiger partial charge >= 0.3 is 0 Å².